The van der Waals surface area contributed by atoms with Crippen LogP contribution in [0, 0.1) is 17.1 Å². The zero-order valence-electron chi connectivity index (χ0n) is 18.2. The van der Waals surface area contributed by atoms with Crippen LogP contribution in [0.1, 0.15) is 16.7 Å². The largest absolute Gasteiger partial charge is 0.493 e. The Labute approximate surface area is 192 Å². The molecular weight excluding hydrogens is 419 g/mol. The number of benzene rings is 3. The molecule has 5 nitrogen and oxygen atoms in total. The first-order valence-electron chi connectivity index (χ1n) is 10.2. The molecule has 0 aliphatic heterocycles. The van der Waals surface area contributed by atoms with Crippen LogP contribution in [-0.2, 0) is 17.8 Å². The molecule has 0 atom stereocenters. The Hall–Kier alpha value is -4.37. The summed E-state index contributed by atoms with van der Waals surface area (Å²) in [4.78, 5) is 12.6. The highest BCUT2D eigenvalue weighted by Gasteiger charge is 2.15. The number of carbonyl (C=O) groups excluding carboxylic acids is 1. The van der Waals surface area contributed by atoms with Crippen LogP contribution in [-0.4, -0.2) is 13.0 Å². The minimum Gasteiger partial charge on any atom is -0.493 e. The van der Waals surface area contributed by atoms with Gasteiger partial charge in [0, 0.05) is 11.3 Å². The van der Waals surface area contributed by atoms with Gasteiger partial charge in [0.2, 0.25) is 0 Å². The van der Waals surface area contributed by atoms with Crippen molar-refractivity contribution in [2.45, 2.75) is 13.0 Å². The lowest BCUT2D eigenvalue weighted by Gasteiger charge is -2.16. The van der Waals surface area contributed by atoms with Gasteiger partial charge in [-0.2, -0.15) is 5.26 Å². The lowest BCUT2D eigenvalue weighted by Crippen LogP contribution is -2.13. The summed E-state index contributed by atoms with van der Waals surface area (Å²) in [7, 11) is 1.51. The monoisotopic (exact) mass is 442 g/mol. The number of nitrogens with zero attached hydrogens (tertiary/aromatic N) is 1. The van der Waals surface area contributed by atoms with Gasteiger partial charge in [-0.25, -0.2) is 4.39 Å². The van der Waals surface area contributed by atoms with Crippen molar-refractivity contribution in [1.82, 2.24) is 0 Å². The highest BCUT2D eigenvalue weighted by molar-refractivity contribution is 6.09. The molecule has 0 unspecified atom stereocenters. The third-order valence-corrected chi connectivity index (χ3v) is 4.74. The second kappa shape index (κ2) is 11.3. The molecule has 3 aromatic carbocycles. The number of para-hydroxylation sites is 1. The average molecular weight is 442 g/mol. The van der Waals surface area contributed by atoms with Crippen molar-refractivity contribution in [3.8, 4) is 17.6 Å². The first-order chi connectivity index (χ1) is 16.0. The molecule has 0 saturated carbocycles. The van der Waals surface area contributed by atoms with Gasteiger partial charge < -0.3 is 14.8 Å². The summed E-state index contributed by atoms with van der Waals surface area (Å²) < 4.78 is 24.7. The Bertz CT molecular complexity index is 1200. The smallest absolute Gasteiger partial charge is 0.266 e. The first kappa shape index (κ1) is 23.3. The van der Waals surface area contributed by atoms with Crippen molar-refractivity contribution in [3.05, 3.63) is 107 Å². The van der Waals surface area contributed by atoms with Gasteiger partial charge in [0.15, 0.2) is 11.5 Å². The molecule has 0 fully saturated rings. The molecular formula is C27H23FN2O3. The van der Waals surface area contributed by atoms with Gasteiger partial charge in [-0.05, 0) is 60.0 Å². The van der Waals surface area contributed by atoms with E-state index in [1.807, 2.05) is 18.2 Å². The quantitative estimate of drug-likeness (QED) is 0.263. The Balaban J connectivity index is 1.89. The number of hydrogen-bond acceptors (Lipinski definition) is 4. The molecule has 1 amide bonds. The van der Waals surface area contributed by atoms with Crippen molar-refractivity contribution in [1.29, 1.82) is 5.26 Å². The summed E-state index contributed by atoms with van der Waals surface area (Å²) in [6.07, 6.45) is 3.70. The fourth-order valence-corrected chi connectivity index (χ4v) is 3.16. The van der Waals surface area contributed by atoms with Crippen molar-refractivity contribution in [2.24, 2.45) is 0 Å². The summed E-state index contributed by atoms with van der Waals surface area (Å²) in [5.41, 5.74) is 2.73. The normalized spacial score (nSPS) is 10.8. The van der Waals surface area contributed by atoms with E-state index in [0.717, 1.165) is 11.1 Å². The van der Waals surface area contributed by atoms with Crippen LogP contribution in [0.5, 0.6) is 11.5 Å². The Morgan fingerprint density at radius 1 is 1.15 bits per heavy atom. The predicted octanol–water partition coefficient (Wildman–Crippen LogP) is 5.69. The number of nitrogens with one attached hydrogen (secondary N) is 1. The molecule has 1 N–H and O–H groups in total. The summed E-state index contributed by atoms with van der Waals surface area (Å²) in [5, 5.41) is 12.2. The number of allylic oxidation sites excluding steroid dienone is 1. The molecule has 6 heteroatoms. The molecule has 3 aromatic rings. The average Bonchev–Trinajstić information content (AvgIpc) is 2.83. The number of rotatable bonds is 9. The Morgan fingerprint density at radius 2 is 1.88 bits per heavy atom. The number of ether oxygens (including phenoxy) is 2. The topological polar surface area (TPSA) is 71.4 Å². The van der Waals surface area contributed by atoms with Gasteiger partial charge >= 0.3 is 0 Å². The SMILES string of the molecule is C=CCc1cc(/C=C(\C#N)C(=O)Nc2ccccc2)cc(OC)c1OCc1ccc(F)cc1. The highest BCUT2D eigenvalue weighted by atomic mass is 19.1. The van der Waals surface area contributed by atoms with Crippen molar-refractivity contribution in [2.75, 3.05) is 12.4 Å². The van der Waals surface area contributed by atoms with Crippen LogP contribution < -0.4 is 14.8 Å². The minimum atomic E-state index is -0.510. The molecule has 3 rings (SSSR count). The molecule has 0 saturated heterocycles. The maximum atomic E-state index is 13.2. The Morgan fingerprint density at radius 3 is 2.52 bits per heavy atom. The number of methoxy groups -OCH3 is 1. The van der Waals surface area contributed by atoms with E-state index in [2.05, 4.69) is 11.9 Å². The third-order valence-electron chi connectivity index (χ3n) is 4.74. The van der Waals surface area contributed by atoms with Crippen LogP contribution >= 0.6 is 0 Å². The van der Waals surface area contributed by atoms with E-state index in [0.29, 0.717) is 29.2 Å². The summed E-state index contributed by atoms with van der Waals surface area (Å²) >= 11 is 0. The second-order valence-corrected chi connectivity index (χ2v) is 7.11. The van der Waals surface area contributed by atoms with Crippen LogP contribution in [0.25, 0.3) is 6.08 Å². The van der Waals surface area contributed by atoms with Crippen molar-refractivity contribution in [3.63, 3.8) is 0 Å². The summed E-state index contributed by atoms with van der Waals surface area (Å²) in [6, 6.07) is 20.4. The standard InChI is InChI=1S/C27H23FN2O3/c1-3-7-21-14-20(15-22(17-29)27(31)30-24-8-5-4-6-9-24)16-25(32-2)26(21)33-18-19-10-12-23(28)13-11-19/h3-6,8-16H,1,7,18H2,2H3,(H,30,31)/b22-15+. The molecule has 0 aliphatic carbocycles. The van der Waals surface area contributed by atoms with Crippen LogP contribution in [0.2, 0.25) is 0 Å². The van der Waals surface area contributed by atoms with E-state index in [1.54, 1.807) is 48.5 Å². The van der Waals surface area contributed by atoms with Gasteiger partial charge in [-0.15, -0.1) is 6.58 Å². The molecule has 0 bridgehead atoms. The maximum absolute atomic E-state index is 13.2. The number of anilines is 1. The molecule has 0 radical (unpaired) electrons. The van der Waals surface area contributed by atoms with Crippen molar-refractivity contribution < 1.29 is 18.7 Å². The van der Waals surface area contributed by atoms with Crippen molar-refractivity contribution >= 4 is 17.7 Å². The van der Waals surface area contributed by atoms with Crippen LogP contribution in [0.3, 0.4) is 0 Å². The van der Waals surface area contributed by atoms with E-state index in [1.165, 1.54) is 25.3 Å². The molecule has 0 spiro atoms. The molecule has 0 aromatic heterocycles. The van der Waals surface area contributed by atoms with Crippen LogP contribution in [0.15, 0.2) is 85.0 Å². The zero-order chi connectivity index (χ0) is 23.6. The second-order valence-electron chi connectivity index (χ2n) is 7.11. The third kappa shape index (κ3) is 6.31. The molecule has 0 aliphatic rings. The lowest BCUT2D eigenvalue weighted by molar-refractivity contribution is -0.112. The van der Waals surface area contributed by atoms with Crippen LogP contribution in [0.4, 0.5) is 10.1 Å². The predicted molar refractivity (Wildman–Crippen MR) is 126 cm³/mol. The zero-order valence-corrected chi connectivity index (χ0v) is 18.2. The lowest BCUT2D eigenvalue weighted by atomic mass is 10.0. The molecule has 166 valence electrons. The maximum Gasteiger partial charge on any atom is 0.266 e. The summed E-state index contributed by atoms with van der Waals surface area (Å²) in [6.45, 7) is 4.01. The highest BCUT2D eigenvalue weighted by Crippen LogP contribution is 2.35. The number of carbonyl (C=O) groups is 1. The van der Waals surface area contributed by atoms with E-state index in [4.69, 9.17) is 9.47 Å². The summed E-state index contributed by atoms with van der Waals surface area (Å²) in [5.74, 6) is 0.142. The van der Waals surface area contributed by atoms with E-state index in [-0.39, 0.29) is 18.0 Å². The first-order valence-corrected chi connectivity index (χ1v) is 10.2. The minimum absolute atomic E-state index is 0.0505. The van der Waals surface area contributed by atoms with Gasteiger partial charge in [0.05, 0.1) is 7.11 Å². The number of halogens is 1. The molecule has 33 heavy (non-hydrogen) atoms. The number of hydrogen-bond donors (Lipinski definition) is 1. The molecule has 0 heterocycles. The van der Waals surface area contributed by atoms with Gasteiger partial charge in [-0.3, -0.25) is 4.79 Å². The Kier molecular flexibility index (Phi) is 7.98. The number of nitriles is 1. The fourth-order valence-electron chi connectivity index (χ4n) is 3.16. The van der Waals surface area contributed by atoms with E-state index < -0.39 is 5.91 Å². The number of amides is 1. The van der Waals surface area contributed by atoms with Gasteiger partial charge in [-0.1, -0.05) is 36.4 Å². The van der Waals surface area contributed by atoms with Gasteiger partial charge in [0.1, 0.15) is 24.1 Å². The van der Waals surface area contributed by atoms with E-state index in [9.17, 15) is 14.4 Å². The van der Waals surface area contributed by atoms with E-state index >= 15 is 0 Å². The fraction of sp³-hybridized carbons (Fsp3) is 0.111. The van der Waals surface area contributed by atoms with Gasteiger partial charge in [0.25, 0.3) is 5.91 Å².